The number of hydrogen-bond acceptors (Lipinski definition) is 6. The molecule has 0 spiro atoms. The van der Waals surface area contributed by atoms with Gasteiger partial charge < -0.3 is 4.90 Å². The van der Waals surface area contributed by atoms with Gasteiger partial charge in [0.05, 0.1) is 17.9 Å². The highest BCUT2D eigenvalue weighted by atomic mass is 35.5. The van der Waals surface area contributed by atoms with E-state index in [-0.39, 0.29) is 17.4 Å². The number of likely N-dealkylation sites (N-methyl/N-ethyl adjacent to an activating group) is 1. The summed E-state index contributed by atoms with van der Waals surface area (Å²) >= 11 is 7.27. The molecule has 2 heterocycles. The van der Waals surface area contributed by atoms with Crippen molar-refractivity contribution in [3.63, 3.8) is 0 Å². The number of aromatic nitrogens is 4. The number of tetrazole rings is 1. The van der Waals surface area contributed by atoms with E-state index in [1.165, 1.54) is 11.8 Å². The fraction of sp³-hybridized carbons (Fsp3) is 0.167. The molecule has 1 amide bonds. The molecule has 27 heavy (non-hydrogen) atoms. The minimum Gasteiger partial charge on any atom is -0.315 e. The largest absolute Gasteiger partial charge is 0.315 e. The van der Waals surface area contributed by atoms with E-state index >= 15 is 0 Å². The van der Waals surface area contributed by atoms with Gasteiger partial charge in [-0.05, 0) is 52.4 Å². The molecule has 0 saturated heterocycles. The van der Waals surface area contributed by atoms with Crippen molar-refractivity contribution < 1.29 is 9.59 Å². The Morgan fingerprint density at radius 3 is 2.93 bits per heavy atom. The first-order valence-corrected chi connectivity index (χ1v) is 9.49. The van der Waals surface area contributed by atoms with E-state index in [1.807, 2.05) is 18.2 Å². The summed E-state index contributed by atoms with van der Waals surface area (Å²) in [5, 5.41) is 12.7. The molecule has 0 fully saturated rings. The summed E-state index contributed by atoms with van der Waals surface area (Å²) in [6.45, 7) is 0. The zero-order chi connectivity index (χ0) is 19.0. The zero-order valence-corrected chi connectivity index (χ0v) is 15.9. The summed E-state index contributed by atoms with van der Waals surface area (Å²) in [6.07, 6.45) is 0.326. The molecule has 0 unspecified atom stereocenters. The van der Waals surface area contributed by atoms with Gasteiger partial charge in [-0.3, -0.25) is 9.59 Å². The van der Waals surface area contributed by atoms with Gasteiger partial charge in [-0.1, -0.05) is 29.4 Å². The van der Waals surface area contributed by atoms with Crippen molar-refractivity contribution in [1.29, 1.82) is 0 Å². The highest BCUT2D eigenvalue weighted by Gasteiger charge is 2.25. The van der Waals surface area contributed by atoms with Crippen molar-refractivity contribution in [2.45, 2.75) is 11.6 Å². The number of carbonyl (C=O) groups is 2. The van der Waals surface area contributed by atoms with Crippen LogP contribution in [0.5, 0.6) is 0 Å². The van der Waals surface area contributed by atoms with Crippen molar-refractivity contribution in [3.05, 3.63) is 58.6 Å². The highest BCUT2D eigenvalue weighted by Crippen LogP contribution is 2.29. The minimum atomic E-state index is -0.0505. The van der Waals surface area contributed by atoms with E-state index in [2.05, 4.69) is 15.5 Å². The molecule has 9 heteroatoms. The number of anilines is 1. The van der Waals surface area contributed by atoms with Gasteiger partial charge >= 0.3 is 0 Å². The lowest BCUT2D eigenvalue weighted by atomic mass is 10.1. The molecule has 1 aromatic heterocycles. The number of thioether (sulfide) groups is 1. The lowest BCUT2D eigenvalue weighted by molar-refractivity contribution is -0.117. The molecular weight excluding hydrogens is 386 g/mol. The number of Topliss-reactive ketones (excluding diaryl/α,β-unsaturated/α-hetero) is 1. The van der Waals surface area contributed by atoms with E-state index in [9.17, 15) is 9.59 Å². The third-order valence-corrected chi connectivity index (χ3v) is 5.46. The van der Waals surface area contributed by atoms with Crippen LogP contribution >= 0.6 is 23.4 Å². The number of nitrogens with zero attached hydrogens (tertiary/aromatic N) is 5. The molecule has 2 aromatic carbocycles. The third kappa shape index (κ3) is 3.45. The molecule has 3 aromatic rings. The average molecular weight is 400 g/mol. The average Bonchev–Trinajstić information content (AvgIpc) is 3.24. The molecule has 0 bridgehead atoms. The maximum atomic E-state index is 12.6. The van der Waals surface area contributed by atoms with Crippen LogP contribution in [0.15, 0.2) is 47.6 Å². The minimum absolute atomic E-state index is 0.0321. The second-order valence-corrected chi connectivity index (χ2v) is 7.42. The van der Waals surface area contributed by atoms with E-state index in [0.29, 0.717) is 22.2 Å². The summed E-state index contributed by atoms with van der Waals surface area (Å²) in [7, 11) is 1.74. The van der Waals surface area contributed by atoms with E-state index in [4.69, 9.17) is 11.6 Å². The lowest BCUT2D eigenvalue weighted by Crippen LogP contribution is -2.20. The Labute approximate surface area is 164 Å². The summed E-state index contributed by atoms with van der Waals surface area (Å²) in [5.74, 6) is 0.166. The van der Waals surface area contributed by atoms with Crippen LogP contribution in [0, 0.1) is 0 Å². The Balaban J connectivity index is 1.49. The molecule has 4 rings (SSSR count). The van der Waals surface area contributed by atoms with Crippen molar-refractivity contribution in [2.24, 2.45) is 0 Å². The second-order valence-electron chi connectivity index (χ2n) is 6.04. The number of carbonyl (C=O) groups excluding carboxylic acids is 2. The van der Waals surface area contributed by atoms with Gasteiger partial charge in [0.2, 0.25) is 11.1 Å². The highest BCUT2D eigenvalue weighted by molar-refractivity contribution is 7.99. The van der Waals surface area contributed by atoms with Crippen LogP contribution < -0.4 is 4.90 Å². The molecule has 136 valence electrons. The van der Waals surface area contributed by atoms with Gasteiger partial charge in [-0.2, -0.15) is 4.68 Å². The molecule has 7 nitrogen and oxygen atoms in total. The molecule has 0 N–H and O–H groups in total. The van der Waals surface area contributed by atoms with Crippen LogP contribution in [0.25, 0.3) is 5.69 Å². The van der Waals surface area contributed by atoms with Crippen LogP contribution in [-0.4, -0.2) is 44.7 Å². The van der Waals surface area contributed by atoms with Gasteiger partial charge in [-0.25, -0.2) is 0 Å². The van der Waals surface area contributed by atoms with Gasteiger partial charge in [0.1, 0.15) is 0 Å². The molecule has 0 saturated carbocycles. The first-order valence-electron chi connectivity index (χ1n) is 8.13. The Bertz CT molecular complexity index is 1050. The van der Waals surface area contributed by atoms with Crippen molar-refractivity contribution in [3.8, 4) is 5.69 Å². The van der Waals surface area contributed by atoms with Gasteiger partial charge in [0, 0.05) is 23.3 Å². The number of fused-ring (bicyclic) bond motifs is 1. The van der Waals surface area contributed by atoms with Crippen LogP contribution in [0.1, 0.15) is 15.9 Å². The van der Waals surface area contributed by atoms with Crippen LogP contribution in [-0.2, 0) is 11.2 Å². The molecule has 0 radical (unpaired) electrons. The normalized spacial score (nSPS) is 13.1. The topological polar surface area (TPSA) is 81.0 Å². The molecule has 1 aliphatic heterocycles. The Morgan fingerprint density at radius 2 is 2.11 bits per heavy atom. The third-order valence-electron chi connectivity index (χ3n) is 4.30. The van der Waals surface area contributed by atoms with Crippen LogP contribution in [0.2, 0.25) is 5.02 Å². The second kappa shape index (κ2) is 7.13. The maximum Gasteiger partial charge on any atom is 0.231 e. The van der Waals surface area contributed by atoms with E-state index < -0.39 is 0 Å². The smallest absolute Gasteiger partial charge is 0.231 e. The first-order chi connectivity index (χ1) is 13.0. The van der Waals surface area contributed by atoms with Gasteiger partial charge in [0.25, 0.3) is 0 Å². The number of amides is 1. The maximum absolute atomic E-state index is 12.6. The summed E-state index contributed by atoms with van der Waals surface area (Å²) < 4.78 is 1.54. The Kier molecular flexibility index (Phi) is 4.67. The van der Waals surface area contributed by atoms with Gasteiger partial charge in [-0.15, -0.1) is 5.10 Å². The number of rotatable bonds is 5. The fourth-order valence-corrected chi connectivity index (χ4v) is 3.87. The summed E-state index contributed by atoms with van der Waals surface area (Å²) in [5.41, 5.74) is 3.03. The lowest BCUT2D eigenvalue weighted by Gasteiger charge is -2.10. The molecule has 1 aliphatic rings. The monoisotopic (exact) mass is 399 g/mol. The van der Waals surface area contributed by atoms with E-state index in [1.54, 1.807) is 40.9 Å². The van der Waals surface area contributed by atoms with Crippen molar-refractivity contribution in [1.82, 2.24) is 20.2 Å². The predicted molar refractivity (Wildman–Crippen MR) is 103 cm³/mol. The van der Waals surface area contributed by atoms with Gasteiger partial charge in [0.15, 0.2) is 5.78 Å². The number of hydrogen-bond donors (Lipinski definition) is 0. The Hall–Kier alpha value is -2.71. The zero-order valence-electron chi connectivity index (χ0n) is 14.3. The first kappa shape index (κ1) is 17.7. The quantitative estimate of drug-likeness (QED) is 0.484. The number of benzene rings is 2. The summed E-state index contributed by atoms with van der Waals surface area (Å²) in [4.78, 5) is 26.0. The molecule has 0 aliphatic carbocycles. The SMILES string of the molecule is CN1C(=O)Cc2cc(C(=O)CSc3nnnn3-c3cccc(Cl)c3)ccc21. The van der Waals surface area contributed by atoms with Crippen LogP contribution in [0.3, 0.4) is 0 Å². The van der Waals surface area contributed by atoms with Crippen molar-refractivity contribution in [2.75, 3.05) is 17.7 Å². The predicted octanol–water partition coefficient (Wildman–Crippen LogP) is 2.81. The van der Waals surface area contributed by atoms with Crippen LogP contribution in [0.4, 0.5) is 5.69 Å². The number of halogens is 1. The number of ketones is 1. The van der Waals surface area contributed by atoms with E-state index in [0.717, 1.165) is 16.9 Å². The standard InChI is InChI=1S/C18H14ClN5O2S/c1-23-15-6-5-11(7-12(15)8-17(23)26)16(25)10-27-18-20-21-22-24(18)14-4-2-3-13(19)9-14/h2-7,9H,8,10H2,1H3. The molecule has 0 atom stereocenters. The van der Waals surface area contributed by atoms with Crippen molar-refractivity contribution >= 4 is 40.7 Å². The fourth-order valence-electron chi connectivity index (χ4n) is 2.90. The Morgan fingerprint density at radius 1 is 1.26 bits per heavy atom. The summed E-state index contributed by atoms with van der Waals surface area (Å²) in [6, 6.07) is 12.5. The molecular formula is C18H14ClN5O2S.